The van der Waals surface area contributed by atoms with Crippen LogP contribution in [0, 0.1) is 6.92 Å². The summed E-state index contributed by atoms with van der Waals surface area (Å²) in [5.41, 5.74) is 3.65. The molecule has 0 aliphatic rings. The second kappa shape index (κ2) is 5.58. The third-order valence-electron chi connectivity index (χ3n) is 3.60. The summed E-state index contributed by atoms with van der Waals surface area (Å²) in [6, 6.07) is 16.3. The summed E-state index contributed by atoms with van der Waals surface area (Å²) in [4.78, 5) is 12.5. The molecule has 0 N–H and O–H groups in total. The van der Waals surface area contributed by atoms with Gasteiger partial charge in [-0.1, -0.05) is 30.3 Å². The summed E-state index contributed by atoms with van der Waals surface area (Å²) < 4.78 is 7.13. The minimum atomic E-state index is -0.523. The lowest BCUT2D eigenvalue weighted by molar-refractivity contribution is 0.0544. The van der Waals surface area contributed by atoms with E-state index in [-0.39, 0.29) is 6.09 Å². The first-order valence-electron chi connectivity index (χ1n) is 7.76. The number of hydrogen-bond donors (Lipinski definition) is 0. The molecule has 3 heteroatoms. The summed E-state index contributed by atoms with van der Waals surface area (Å²) in [6.07, 6.45) is 1.43. The van der Waals surface area contributed by atoms with Crippen molar-refractivity contribution >= 4 is 17.0 Å². The summed E-state index contributed by atoms with van der Waals surface area (Å²) in [6.45, 7) is 7.69. The summed E-state index contributed by atoms with van der Waals surface area (Å²) in [5.74, 6) is 0. The average Bonchev–Trinajstić information content (AvgIpc) is 2.89. The Bertz CT molecular complexity index is 854. The van der Waals surface area contributed by atoms with Crippen molar-refractivity contribution in [2.24, 2.45) is 0 Å². The summed E-state index contributed by atoms with van der Waals surface area (Å²) >= 11 is 0. The maximum absolute atomic E-state index is 12.5. The molecule has 118 valence electrons. The molecule has 2 aromatic carbocycles. The van der Waals surface area contributed by atoms with Crippen molar-refractivity contribution in [1.82, 2.24) is 4.57 Å². The smallest absolute Gasteiger partial charge is 0.419 e. The Balaban J connectivity index is 2.20. The molecule has 0 spiro atoms. The van der Waals surface area contributed by atoms with E-state index in [4.69, 9.17) is 4.74 Å². The van der Waals surface area contributed by atoms with E-state index in [0.29, 0.717) is 0 Å². The Labute approximate surface area is 136 Å². The third kappa shape index (κ3) is 3.14. The Kier molecular flexibility index (Phi) is 3.72. The molecule has 23 heavy (non-hydrogen) atoms. The quantitative estimate of drug-likeness (QED) is 0.602. The van der Waals surface area contributed by atoms with E-state index in [1.807, 2.05) is 45.0 Å². The monoisotopic (exact) mass is 307 g/mol. The molecular weight excluding hydrogens is 286 g/mol. The SMILES string of the molecule is Cc1cc(-c2ccccc2)c2c(ccn2C(=O)OC(C)(C)C)c1. The van der Waals surface area contributed by atoms with Gasteiger partial charge in [0.05, 0.1) is 5.52 Å². The van der Waals surface area contributed by atoms with Crippen LogP contribution in [0.15, 0.2) is 54.7 Å². The Morgan fingerprint density at radius 3 is 2.39 bits per heavy atom. The molecule has 0 aliphatic heterocycles. The van der Waals surface area contributed by atoms with E-state index in [9.17, 15) is 4.79 Å². The van der Waals surface area contributed by atoms with Crippen molar-refractivity contribution in [3.8, 4) is 11.1 Å². The van der Waals surface area contributed by atoms with Crippen LogP contribution in [0.25, 0.3) is 22.0 Å². The molecular formula is C20H21NO2. The number of ether oxygens (including phenoxy) is 1. The Morgan fingerprint density at radius 2 is 1.74 bits per heavy atom. The van der Waals surface area contributed by atoms with Gasteiger partial charge in [0.1, 0.15) is 5.60 Å². The fourth-order valence-corrected chi connectivity index (χ4v) is 2.73. The fourth-order valence-electron chi connectivity index (χ4n) is 2.73. The van der Waals surface area contributed by atoms with Gasteiger partial charge < -0.3 is 4.74 Å². The van der Waals surface area contributed by atoms with Gasteiger partial charge in [-0.3, -0.25) is 4.57 Å². The predicted molar refractivity (Wildman–Crippen MR) is 93.7 cm³/mol. The number of benzene rings is 2. The van der Waals surface area contributed by atoms with Crippen molar-refractivity contribution in [2.45, 2.75) is 33.3 Å². The highest BCUT2D eigenvalue weighted by atomic mass is 16.6. The first-order valence-corrected chi connectivity index (χ1v) is 7.76. The molecule has 0 radical (unpaired) electrons. The van der Waals surface area contributed by atoms with Gasteiger partial charge in [-0.2, -0.15) is 0 Å². The zero-order valence-electron chi connectivity index (χ0n) is 14.0. The molecule has 0 amide bonds. The van der Waals surface area contributed by atoms with Gasteiger partial charge >= 0.3 is 6.09 Å². The number of aryl methyl sites for hydroxylation is 1. The molecule has 0 unspecified atom stereocenters. The molecule has 0 saturated carbocycles. The van der Waals surface area contributed by atoms with Crippen LogP contribution >= 0.6 is 0 Å². The lowest BCUT2D eigenvalue weighted by atomic mass is 10.0. The highest BCUT2D eigenvalue weighted by Gasteiger charge is 2.20. The van der Waals surface area contributed by atoms with Crippen molar-refractivity contribution in [3.63, 3.8) is 0 Å². The van der Waals surface area contributed by atoms with E-state index in [1.54, 1.807) is 10.8 Å². The molecule has 1 heterocycles. The van der Waals surface area contributed by atoms with Crippen molar-refractivity contribution in [3.05, 3.63) is 60.3 Å². The highest BCUT2D eigenvalue weighted by Crippen LogP contribution is 2.31. The maximum atomic E-state index is 12.5. The van der Waals surface area contributed by atoms with E-state index < -0.39 is 5.60 Å². The number of rotatable bonds is 1. The van der Waals surface area contributed by atoms with Crippen LogP contribution in [0.2, 0.25) is 0 Å². The van der Waals surface area contributed by atoms with Crippen LogP contribution in [0.3, 0.4) is 0 Å². The molecule has 1 aromatic heterocycles. The first-order chi connectivity index (χ1) is 10.8. The second-order valence-corrected chi connectivity index (χ2v) is 6.78. The third-order valence-corrected chi connectivity index (χ3v) is 3.60. The molecule has 0 aliphatic carbocycles. The Hall–Kier alpha value is -2.55. The fraction of sp³-hybridized carbons (Fsp3) is 0.250. The lowest BCUT2D eigenvalue weighted by Crippen LogP contribution is -2.26. The second-order valence-electron chi connectivity index (χ2n) is 6.78. The number of fused-ring (bicyclic) bond motifs is 1. The largest absolute Gasteiger partial charge is 0.443 e. The first kappa shape index (κ1) is 15.3. The van der Waals surface area contributed by atoms with Crippen LogP contribution in [0.4, 0.5) is 4.79 Å². The zero-order valence-corrected chi connectivity index (χ0v) is 14.0. The van der Waals surface area contributed by atoms with Gasteiger partial charge in [0.15, 0.2) is 0 Å². The van der Waals surface area contributed by atoms with E-state index in [0.717, 1.165) is 22.0 Å². The van der Waals surface area contributed by atoms with Crippen LogP contribution in [0.1, 0.15) is 26.3 Å². The van der Waals surface area contributed by atoms with E-state index in [1.165, 1.54) is 5.56 Å². The standard InChI is InChI=1S/C20H21NO2/c1-14-12-16-10-11-21(19(22)23-20(2,3)4)18(16)17(13-14)15-8-6-5-7-9-15/h5-13H,1-4H3. The zero-order chi connectivity index (χ0) is 16.6. The molecule has 3 rings (SSSR count). The topological polar surface area (TPSA) is 31.2 Å². The van der Waals surface area contributed by atoms with Gasteiger partial charge in [-0.25, -0.2) is 4.79 Å². The normalized spacial score (nSPS) is 11.7. The van der Waals surface area contributed by atoms with Crippen LogP contribution in [-0.2, 0) is 4.74 Å². The van der Waals surface area contributed by atoms with E-state index >= 15 is 0 Å². The summed E-state index contributed by atoms with van der Waals surface area (Å²) in [7, 11) is 0. The number of carbonyl (C=O) groups excluding carboxylic acids is 1. The van der Waals surface area contributed by atoms with Gasteiger partial charge in [0.2, 0.25) is 0 Å². The van der Waals surface area contributed by atoms with Crippen LogP contribution in [-0.4, -0.2) is 16.3 Å². The minimum Gasteiger partial charge on any atom is -0.443 e. The minimum absolute atomic E-state index is 0.353. The molecule has 0 bridgehead atoms. The van der Waals surface area contributed by atoms with Crippen LogP contribution < -0.4 is 0 Å². The Morgan fingerprint density at radius 1 is 1.04 bits per heavy atom. The predicted octanol–water partition coefficient (Wildman–Crippen LogP) is 5.40. The molecule has 3 aromatic rings. The molecule has 0 saturated heterocycles. The molecule has 0 atom stereocenters. The van der Waals surface area contributed by atoms with Gasteiger partial charge in [-0.15, -0.1) is 0 Å². The average molecular weight is 307 g/mol. The van der Waals surface area contributed by atoms with Crippen molar-refractivity contribution in [2.75, 3.05) is 0 Å². The van der Waals surface area contributed by atoms with Gasteiger partial charge in [0.25, 0.3) is 0 Å². The van der Waals surface area contributed by atoms with Gasteiger partial charge in [0, 0.05) is 17.1 Å². The number of carbonyl (C=O) groups is 1. The highest BCUT2D eigenvalue weighted by molar-refractivity contribution is 6.00. The van der Waals surface area contributed by atoms with E-state index in [2.05, 4.69) is 31.2 Å². The molecule has 0 fully saturated rings. The number of aromatic nitrogens is 1. The maximum Gasteiger partial charge on any atom is 0.419 e. The summed E-state index contributed by atoms with van der Waals surface area (Å²) in [5, 5.41) is 1.04. The number of nitrogens with zero attached hydrogens (tertiary/aromatic N) is 1. The number of hydrogen-bond acceptors (Lipinski definition) is 2. The van der Waals surface area contributed by atoms with Crippen LogP contribution in [0.5, 0.6) is 0 Å². The lowest BCUT2D eigenvalue weighted by Gasteiger charge is -2.20. The van der Waals surface area contributed by atoms with Gasteiger partial charge in [-0.05, 0) is 57.0 Å². The van der Waals surface area contributed by atoms with Crippen molar-refractivity contribution < 1.29 is 9.53 Å². The molecule has 3 nitrogen and oxygen atoms in total. The van der Waals surface area contributed by atoms with Crippen molar-refractivity contribution in [1.29, 1.82) is 0 Å².